The lowest BCUT2D eigenvalue weighted by molar-refractivity contribution is -0.137. The maximum Gasteiger partial charge on any atom is 0.243 e. The zero-order valence-corrected chi connectivity index (χ0v) is 17.0. The van der Waals surface area contributed by atoms with Crippen LogP contribution in [0.5, 0.6) is 0 Å². The molecule has 6 nitrogen and oxygen atoms in total. The maximum absolute atomic E-state index is 13.1. The van der Waals surface area contributed by atoms with E-state index in [1.807, 2.05) is 4.90 Å². The summed E-state index contributed by atoms with van der Waals surface area (Å²) in [5.41, 5.74) is 6.33. The van der Waals surface area contributed by atoms with Crippen LogP contribution in [0.4, 0.5) is 0 Å². The van der Waals surface area contributed by atoms with Crippen LogP contribution in [0, 0.1) is 17.8 Å². The Morgan fingerprint density at radius 1 is 1.00 bits per heavy atom. The third kappa shape index (κ3) is 3.75. The summed E-state index contributed by atoms with van der Waals surface area (Å²) in [7, 11) is -3.50. The van der Waals surface area contributed by atoms with Gasteiger partial charge in [-0.1, -0.05) is 18.2 Å². The molecule has 8 heteroatoms. The van der Waals surface area contributed by atoms with Gasteiger partial charge in [0.2, 0.25) is 15.9 Å². The molecule has 3 fully saturated rings. The zero-order valence-electron chi connectivity index (χ0n) is 15.4. The largest absolute Gasteiger partial charge is 0.341 e. The van der Waals surface area contributed by atoms with Crippen LogP contribution in [0.2, 0.25) is 0 Å². The van der Waals surface area contributed by atoms with Crippen LogP contribution >= 0.6 is 12.4 Å². The van der Waals surface area contributed by atoms with Crippen molar-refractivity contribution in [1.29, 1.82) is 0 Å². The van der Waals surface area contributed by atoms with Gasteiger partial charge in [-0.3, -0.25) is 4.79 Å². The third-order valence-electron chi connectivity index (χ3n) is 6.41. The van der Waals surface area contributed by atoms with E-state index in [1.54, 1.807) is 30.3 Å². The Kier molecular flexibility index (Phi) is 6.15. The second-order valence-electron chi connectivity index (χ2n) is 7.83. The van der Waals surface area contributed by atoms with E-state index in [0.717, 1.165) is 19.3 Å². The molecule has 4 atom stereocenters. The van der Waals surface area contributed by atoms with E-state index in [9.17, 15) is 13.2 Å². The molecule has 0 radical (unpaired) electrons. The fourth-order valence-electron chi connectivity index (χ4n) is 5.01. The van der Waals surface area contributed by atoms with Gasteiger partial charge in [-0.15, -0.1) is 12.4 Å². The summed E-state index contributed by atoms with van der Waals surface area (Å²) in [6.07, 6.45) is 4.00. The van der Waals surface area contributed by atoms with E-state index in [-0.39, 0.29) is 30.3 Å². The number of nitrogens with two attached hydrogens (primary N) is 1. The Morgan fingerprint density at radius 3 is 2.37 bits per heavy atom. The molecular weight excluding hydrogens is 386 g/mol. The van der Waals surface area contributed by atoms with E-state index in [4.69, 9.17) is 5.73 Å². The van der Waals surface area contributed by atoms with E-state index in [1.165, 1.54) is 4.31 Å². The van der Waals surface area contributed by atoms with E-state index >= 15 is 0 Å². The normalized spacial score (nSPS) is 31.4. The summed E-state index contributed by atoms with van der Waals surface area (Å²) in [6.45, 7) is 1.86. The van der Waals surface area contributed by atoms with Crippen molar-refractivity contribution < 1.29 is 13.2 Å². The molecule has 1 aromatic carbocycles. The van der Waals surface area contributed by atoms with Gasteiger partial charge in [0.25, 0.3) is 0 Å². The standard InChI is InChI=1S/C19H27N3O3S.ClH/c20-18-15-8-7-14(13-15)17(18)19(23)21-9-4-10-22(12-11-21)26(24,25)16-5-2-1-3-6-16;/h1-3,5-6,14-15,17-18H,4,7-13,20H2;1H. The van der Waals surface area contributed by atoms with Crippen molar-refractivity contribution >= 4 is 28.3 Å². The van der Waals surface area contributed by atoms with Gasteiger partial charge in [0, 0.05) is 32.2 Å². The van der Waals surface area contributed by atoms with Gasteiger partial charge < -0.3 is 10.6 Å². The first-order valence-corrected chi connectivity index (χ1v) is 11.0. The van der Waals surface area contributed by atoms with E-state index in [2.05, 4.69) is 0 Å². The van der Waals surface area contributed by atoms with Crippen LogP contribution in [0.25, 0.3) is 0 Å². The molecule has 2 N–H and O–H groups in total. The lowest BCUT2D eigenvalue weighted by Crippen LogP contribution is -2.48. The van der Waals surface area contributed by atoms with Crippen molar-refractivity contribution in [2.75, 3.05) is 26.2 Å². The molecule has 27 heavy (non-hydrogen) atoms. The molecule has 1 heterocycles. The number of amides is 1. The van der Waals surface area contributed by atoms with Crippen molar-refractivity contribution in [1.82, 2.24) is 9.21 Å². The second kappa shape index (κ2) is 8.07. The first kappa shape index (κ1) is 20.6. The highest BCUT2D eigenvalue weighted by Gasteiger charge is 2.50. The van der Waals surface area contributed by atoms with Crippen LogP contribution in [0.3, 0.4) is 0 Å². The molecule has 2 saturated carbocycles. The number of nitrogens with zero attached hydrogens (tertiary/aromatic N) is 2. The number of sulfonamides is 1. The Labute approximate surface area is 167 Å². The highest BCUT2D eigenvalue weighted by molar-refractivity contribution is 7.89. The lowest BCUT2D eigenvalue weighted by Gasteiger charge is -2.32. The predicted octanol–water partition coefficient (Wildman–Crippen LogP) is 1.70. The highest BCUT2D eigenvalue weighted by atomic mass is 35.5. The van der Waals surface area contributed by atoms with Gasteiger partial charge in [0.1, 0.15) is 0 Å². The van der Waals surface area contributed by atoms with Gasteiger partial charge in [-0.05, 0) is 49.7 Å². The number of hydrogen-bond acceptors (Lipinski definition) is 4. The topological polar surface area (TPSA) is 83.7 Å². The van der Waals surface area contributed by atoms with Crippen LogP contribution in [0.1, 0.15) is 25.7 Å². The number of benzene rings is 1. The van der Waals surface area contributed by atoms with Crippen molar-refractivity contribution in [3.05, 3.63) is 30.3 Å². The fraction of sp³-hybridized carbons (Fsp3) is 0.632. The molecule has 3 aliphatic rings. The average molecular weight is 414 g/mol. The Morgan fingerprint density at radius 2 is 1.70 bits per heavy atom. The van der Waals surface area contributed by atoms with Crippen LogP contribution < -0.4 is 5.73 Å². The number of carbonyl (C=O) groups is 1. The summed E-state index contributed by atoms with van der Waals surface area (Å²) in [5, 5.41) is 0. The fourth-order valence-corrected chi connectivity index (χ4v) is 6.50. The second-order valence-corrected chi connectivity index (χ2v) is 9.77. The minimum Gasteiger partial charge on any atom is -0.341 e. The molecule has 150 valence electrons. The third-order valence-corrected chi connectivity index (χ3v) is 8.33. The summed E-state index contributed by atoms with van der Waals surface area (Å²) in [5.74, 6) is 1.00. The molecule has 0 aromatic heterocycles. The minimum absolute atomic E-state index is 0. The number of carbonyl (C=O) groups excluding carboxylic acids is 1. The number of rotatable bonds is 3. The molecule has 2 bridgehead atoms. The Hall–Kier alpha value is -1.15. The molecule has 1 amide bonds. The molecule has 0 spiro atoms. The molecule has 4 unspecified atom stereocenters. The van der Waals surface area contributed by atoms with Crippen molar-refractivity contribution in [3.63, 3.8) is 0 Å². The molecule has 2 aliphatic carbocycles. The summed E-state index contributed by atoms with van der Waals surface area (Å²) in [6, 6.07) is 8.50. The van der Waals surface area contributed by atoms with E-state index < -0.39 is 10.0 Å². The SMILES string of the molecule is Cl.NC1C2CCC(C2)C1C(=O)N1CCCN(S(=O)(=O)c2ccccc2)CC1. The Balaban J connectivity index is 0.00000210. The van der Waals surface area contributed by atoms with Crippen LogP contribution in [-0.2, 0) is 14.8 Å². The van der Waals surface area contributed by atoms with Crippen molar-refractivity contribution in [2.45, 2.75) is 36.6 Å². The molecule has 4 rings (SSSR count). The smallest absolute Gasteiger partial charge is 0.243 e. The summed E-state index contributed by atoms with van der Waals surface area (Å²) >= 11 is 0. The number of hydrogen-bond donors (Lipinski definition) is 1. The van der Waals surface area contributed by atoms with Gasteiger partial charge in [0.05, 0.1) is 10.8 Å². The first-order valence-electron chi connectivity index (χ1n) is 9.58. The van der Waals surface area contributed by atoms with Gasteiger partial charge in [0.15, 0.2) is 0 Å². The van der Waals surface area contributed by atoms with Gasteiger partial charge in [-0.25, -0.2) is 8.42 Å². The maximum atomic E-state index is 13.1. The summed E-state index contributed by atoms with van der Waals surface area (Å²) < 4.78 is 27.2. The van der Waals surface area contributed by atoms with E-state index in [0.29, 0.717) is 49.3 Å². The predicted molar refractivity (Wildman–Crippen MR) is 106 cm³/mol. The summed E-state index contributed by atoms with van der Waals surface area (Å²) in [4.78, 5) is 15.2. The van der Waals surface area contributed by atoms with Gasteiger partial charge >= 0.3 is 0 Å². The van der Waals surface area contributed by atoms with Crippen LogP contribution in [-0.4, -0.2) is 55.8 Å². The number of fused-ring (bicyclic) bond motifs is 2. The van der Waals surface area contributed by atoms with Crippen LogP contribution in [0.15, 0.2) is 35.2 Å². The lowest BCUT2D eigenvalue weighted by atomic mass is 9.84. The van der Waals surface area contributed by atoms with Gasteiger partial charge in [-0.2, -0.15) is 4.31 Å². The minimum atomic E-state index is -3.50. The monoisotopic (exact) mass is 413 g/mol. The quantitative estimate of drug-likeness (QED) is 0.817. The zero-order chi connectivity index (χ0) is 18.3. The molecule has 1 aromatic rings. The molecule has 1 aliphatic heterocycles. The average Bonchev–Trinajstić information content (AvgIpc) is 3.13. The van der Waals surface area contributed by atoms with Crippen molar-refractivity contribution in [3.8, 4) is 0 Å². The molecular formula is C19H28ClN3O3S. The Bertz CT molecular complexity index is 772. The molecule has 1 saturated heterocycles. The number of halogens is 1. The van der Waals surface area contributed by atoms with Crippen molar-refractivity contribution in [2.24, 2.45) is 23.5 Å². The highest BCUT2D eigenvalue weighted by Crippen LogP contribution is 2.48. The first-order chi connectivity index (χ1) is 12.5.